The molecule has 5 rings (SSSR count). The van der Waals surface area contributed by atoms with Crippen molar-refractivity contribution < 1.29 is 22.3 Å². The first-order valence-corrected chi connectivity index (χ1v) is 12.9. The normalized spacial score (nSPS) is 22.1. The number of rotatable bonds is 5. The second-order valence-electron chi connectivity index (χ2n) is 8.69. The zero-order chi connectivity index (χ0) is 23.2. The first-order chi connectivity index (χ1) is 15.8. The molecule has 0 spiro atoms. The average Bonchev–Trinajstić information content (AvgIpc) is 3.51. The van der Waals surface area contributed by atoms with E-state index in [0.29, 0.717) is 53.1 Å². The molecule has 0 radical (unpaired) electrons. The third-order valence-corrected chi connectivity index (χ3v) is 8.04. The van der Waals surface area contributed by atoms with Gasteiger partial charge in [-0.3, -0.25) is 4.79 Å². The molecule has 2 saturated heterocycles. The van der Waals surface area contributed by atoms with E-state index in [1.165, 1.54) is 12.1 Å². The Kier molecular flexibility index (Phi) is 5.65. The molecular weight excluding hydrogens is 447 g/mol. The van der Waals surface area contributed by atoms with E-state index in [-0.39, 0.29) is 35.4 Å². The second kappa shape index (κ2) is 8.49. The van der Waals surface area contributed by atoms with Crippen LogP contribution in [0.1, 0.15) is 41.4 Å². The molecule has 2 aliphatic heterocycles. The van der Waals surface area contributed by atoms with Crippen molar-refractivity contribution in [3.05, 3.63) is 47.4 Å². The van der Waals surface area contributed by atoms with Crippen LogP contribution in [-0.2, 0) is 14.6 Å². The lowest BCUT2D eigenvalue weighted by Crippen LogP contribution is -2.32. The van der Waals surface area contributed by atoms with Gasteiger partial charge in [-0.05, 0) is 56.5 Å². The van der Waals surface area contributed by atoms with Crippen molar-refractivity contribution in [3.63, 3.8) is 0 Å². The molecule has 1 amide bonds. The van der Waals surface area contributed by atoms with Gasteiger partial charge in [0.15, 0.2) is 15.5 Å². The molecule has 2 atom stereocenters. The van der Waals surface area contributed by atoms with Crippen molar-refractivity contribution in [2.75, 3.05) is 24.7 Å². The van der Waals surface area contributed by atoms with Crippen LogP contribution in [0.5, 0.6) is 0 Å². The number of hydrogen-bond donors (Lipinski definition) is 1. The van der Waals surface area contributed by atoms with E-state index >= 15 is 0 Å². The summed E-state index contributed by atoms with van der Waals surface area (Å²) in [4.78, 5) is 18.0. The van der Waals surface area contributed by atoms with Crippen molar-refractivity contribution in [2.24, 2.45) is 0 Å². The second-order valence-corrected chi connectivity index (χ2v) is 10.9. The van der Waals surface area contributed by atoms with E-state index < -0.39 is 9.84 Å². The molecule has 1 aromatic carbocycles. The standard InChI is InChI=1S/C23H25FN4O4S/c1-14-21-19(23(29)25-12-18-3-2-9-32-18)11-20(15-4-6-16(24)7-5-15)26-22(21)28(27-14)17-8-10-33(30,31)13-17/h4-7,11,17-18H,2-3,8-10,12-13H2,1H3,(H,25,29)/t17-,18-/m0/s1. The molecular formula is C23H25FN4O4S. The summed E-state index contributed by atoms with van der Waals surface area (Å²) >= 11 is 0. The number of carbonyl (C=O) groups is 1. The quantitative estimate of drug-likeness (QED) is 0.613. The lowest BCUT2D eigenvalue weighted by atomic mass is 10.0. The summed E-state index contributed by atoms with van der Waals surface area (Å²) in [6.45, 7) is 2.89. The van der Waals surface area contributed by atoms with Crippen LogP contribution in [0.25, 0.3) is 22.3 Å². The maximum absolute atomic E-state index is 13.5. The molecule has 0 bridgehead atoms. The van der Waals surface area contributed by atoms with E-state index in [2.05, 4.69) is 10.4 Å². The number of halogens is 1. The lowest BCUT2D eigenvalue weighted by Gasteiger charge is -2.14. The number of amides is 1. The van der Waals surface area contributed by atoms with Gasteiger partial charge in [0.1, 0.15) is 5.82 Å². The summed E-state index contributed by atoms with van der Waals surface area (Å²) in [5.41, 5.74) is 2.61. The molecule has 0 saturated carbocycles. The number of hydrogen-bond acceptors (Lipinski definition) is 6. The largest absolute Gasteiger partial charge is 0.376 e. The Morgan fingerprint density at radius 3 is 2.73 bits per heavy atom. The van der Waals surface area contributed by atoms with Gasteiger partial charge in [-0.1, -0.05) is 0 Å². The van der Waals surface area contributed by atoms with Gasteiger partial charge < -0.3 is 10.1 Å². The van der Waals surface area contributed by atoms with Crippen LogP contribution in [-0.4, -0.2) is 59.9 Å². The molecule has 33 heavy (non-hydrogen) atoms. The van der Waals surface area contributed by atoms with Gasteiger partial charge in [0.05, 0.1) is 46.0 Å². The topological polar surface area (TPSA) is 103 Å². The minimum absolute atomic E-state index is 0.00429. The summed E-state index contributed by atoms with van der Waals surface area (Å²) in [7, 11) is -3.14. The van der Waals surface area contributed by atoms with Gasteiger partial charge in [-0.25, -0.2) is 22.5 Å². The highest BCUT2D eigenvalue weighted by Gasteiger charge is 2.32. The highest BCUT2D eigenvalue weighted by Crippen LogP contribution is 2.32. The zero-order valence-electron chi connectivity index (χ0n) is 18.3. The number of ether oxygens (including phenoxy) is 1. The van der Waals surface area contributed by atoms with Crippen LogP contribution in [0, 0.1) is 12.7 Å². The number of pyridine rings is 1. The van der Waals surface area contributed by atoms with Gasteiger partial charge in [0, 0.05) is 18.7 Å². The number of aryl methyl sites for hydroxylation is 1. The number of aromatic nitrogens is 3. The molecule has 10 heteroatoms. The Bertz CT molecular complexity index is 1310. The van der Waals surface area contributed by atoms with Gasteiger partial charge in [-0.2, -0.15) is 5.10 Å². The molecule has 4 heterocycles. The fraction of sp³-hybridized carbons (Fsp3) is 0.435. The van der Waals surface area contributed by atoms with Crippen LogP contribution in [0.15, 0.2) is 30.3 Å². The van der Waals surface area contributed by atoms with E-state index in [1.54, 1.807) is 29.8 Å². The molecule has 0 aliphatic carbocycles. The van der Waals surface area contributed by atoms with Gasteiger partial charge in [0.2, 0.25) is 0 Å². The molecule has 8 nitrogen and oxygen atoms in total. The Morgan fingerprint density at radius 2 is 2.06 bits per heavy atom. The molecule has 1 N–H and O–H groups in total. The van der Waals surface area contributed by atoms with Gasteiger partial charge in [-0.15, -0.1) is 0 Å². The number of carbonyl (C=O) groups excluding carboxylic acids is 1. The fourth-order valence-corrected chi connectivity index (χ4v) is 6.28. The Morgan fingerprint density at radius 1 is 1.27 bits per heavy atom. The summed E-state index contributed by atoms with van der Waals surface area (Å²) in [5.74, 6) is -0.550. The molecule has 2 aliphatic rings. The first-order valence-electron chi connectivity index (χ1n) is 11.1. The summed E-state index contributed by atoms with van der Waals surface area (Å²) < 4.78 is 44.9. The molecule has 3 aromatic rings. The number of sulfone groups is 1. The smallest absolute Gasteiger partial charge is 0.252 e. The third kappa shape index (κ3) is 4.37. The van der Waals surface area contributed by atoms with Gasteiger partial charge >= 0.3 is 0 Å². The van der Waals surface area contributed by atoms with Crippen molar-refractivity contribution in [1.29, 1.82) is 0 Å². The molecule has 2 aromatic heterocycles. The number of benzene rings is 1. The minimum atomic E-state index is -3.14. The SMILES string of the molecule is Cc1nn([C@H]2CCS(=O)(=O)C2)c2nc(-c3ccc(F)cc3)cc(C(=O)NC[C@@H]3CCCO3)c12. The number of nitrogens with zero attached hydrogens (tertiary/aromatic N) is 3. The summed E-state index contributed by atoms with van der Waals surface area (Å²) in [6, 6.07) is 7.22. The monoisotopic (exact) mass is 472 g/mol. The predicted molar refractivity (Wildman–Crippen MR) is 121 cm³/mol. The fourth-order valence-electron chi connectivity index (χ4n) is 4.59. The molecule has 174 valence electrons. The maximum atomic E-state index is 13.5. The lowest BCUT2D eigenvalue weighted by molar-refractivity contribution is 0.0859. The van der Waals surface area contributed by atoms with Gasteiger partial charge in [0.25, 0.3) is 5.91 Å². The third-order valence-electron chi connectivity index (χ3n) is 6.29. The highest BCUT2D eigenvalue weighted by atomic mass is 32.2. The van der Waals surface area contributed by atoms with E-state index in [0.717, 1.165) is 12.8 Å². The predicted octanol–water partition coefficient (Wildman–Crippen LogP) is 2.81. The van der Waals surface area contributed by atoms with Crippen molar-refractivity contribution in [2.45, 2.75) is 38.3 Å². The minimum Gasteiger partial charge on any atom is -0.376 e. The van der Waals surface area contributed by atoms with Crippen molar-refractivity contribution >= 4 is 26.8 Å². The van der Waals surface area contributed by atoms with Crippen LogP contribution in [0.4, 0.5) is 4.39 Å². The summed E-state index contributed by atoms with van der Waals surface area (Å²) in [5, 5.41) is 8.14. The summed E-state index contributed by atoms with van der Waals surface area (Å²) in [6.07, 6.45) is 2.32. The number of nitrogens with one attached hydrogen (secondary N) is 1. The zero-order valence-corrected chi connectivity index (χ0v) is 19.1. The first kappa shape index (κ1) is 22.0. The Hall–Kier alpha value is -2.85. The Balaban J connectivity index is 1.60. The van der Waals surface area contributed by atoms with E-state index in [4.69, 9.17) is 9.72 Å². The Labute approximate surface area is 191 Å². The molecule has 0 unspecified atom stereocenters. The highest BCUT2D eigenvalue weighted by molar-refractivity contribution is 7.91. The average molecular weight is 473 g/mol. The number of fused-ring (bicyclic) bond motifs is 1. The molecule has 2 fully saturated rings. The van der Waals surface area contributed by atoms with E-state index in [9.17, 15) is 17.6 Å². The maximum Gasteiger partial charge on any atom is 0.252 e. The van der Waals surface area contributed by atoms with Crippen LogP contribution < -0.4 is 5.32 Å². The van der Waals surface area contributed by atoms with Crippen LogP contribution in [0.3, 0.4) is 0 Å². The van der Waals surface area contributed by atoms with E-state index in [1.807, 2.05) is 0 Å². The van der Waals surface area contributed by atoms with Crippen molar-refractivity contribution in [3.8, 4) is 11.3 Å². The van der Waals surface area contributed by atoms with Crippen LogP contribution >= 0.6 is 0 Å². The van der Waals surface area contributed by atoms with Crippen molar-refractivity contribution in [1.82, 2.24) is 20.1 Å². The van der Waals surface area contributed by atoms with Crippen LogP contribution in [0.2, 0.25) is 0 Å².